The molecule has 120 valence electrons. The number of ether oxygens (including phenoxy) is 1. The molecule has 5 N–H and O–H groups in total. The number of fused-ring (bicyclic) bond motifs is 1. The van der Waals surface area contributed by atoms with Crippen LogP contribution >= 0.6 is 11.6 Å². The number of rotatable bonds is 3. The van der Waals surface area contributed by atoms with E-state index in [4.69, 9.17) is 22.1 Å². The second-order valence-electron chi connectivity index (χ2n) is 5.22. The fourth-order valence-electron chi connectivity index (χ4n) is 2.70. The molecule has 0 spiro atoms. The van der Waals surface area contributed by atoms with E-state index in [0.717, 1.165) is 0 Å². The van der Waals surface area contributed by atoms with Gasteiger partial charge in [0, 0.05) is 0 Å². The van der Waals surface area contributed by atoms with Gasteiger partial charge in [-0.05, 0) is 18.0 Å². The molecule has 2 aromatic rings. The van der Waals surface area contributed by atoms with E-state index in [9.17, 15) is 15.3 Å². The van der Waals surface area contributed by atoms with Gasteiger partial charge in [-0.25, -0.2) is 4.98 Å². The van der Waals surface area contributed by atoms with Crippen molar-refractivity contribution in [3.8, 4) is 0 Å². The number of nitrogens with two attached hydrogens (primary N) is 1. The molecule has 1 fully saturated rings. The number of imidazole rings is 1. The van der Waals surface area contributed by atoms with Crippen LogP contribution in [0.5, 0.6) is 0 Å². The minimum Gasteiger partial charge on any atom is -0.393 e. The average Bonchev–Trinajstić information content (AvgIpc) is 3.01. The molecule has 0 unspecified atom stereocenters. The molecule has 0 amide bonds. The SMILES string of the molecule is CC[C@]1(CO)O[C@@H](n2cnc3c(N)nc(Cl)nc32)[C@H](O)[C@@H]1O. The molecule has 2 aromatic heterocycles. The molecule has 10 heteroatoms. The van der Waals surface area contributed by atoms with Gasteiger partial charge in [0.2, 0.25) is 5.28 Å². The average molecular weight is 330 g/mol. The molecule has 9 nitrogen and oxygen atoms in total. The molecule has 4 atom stereocenters. The summed E-state index contributed by atoms with van der Waals surface area (Å²) in [5.41, 5.74) is 5.07. The zero-order chi connectivity index (χ0) is 16.1. The van der Waals surface area contributed by atoms with Gasteiger partial charge in [0.1, 0.15) is 23.3 Å². The van der Waals surface area contributed by atoms with Crippen LogP contribution in [0, 0.1) is 0 Å². The summed E-state index contributed by atoms with van der Waals surface area (Å²) in [4.78, 5) is 11.9. The highest BCUT2D eigenvalue weighted by Crippen LogP contribution is 2.40. The number of aromatic nitrogens is 4. The largest absolute Gasteiger partial charge is 0.393 e. The van der Waals surface area contributed by atoms with Crippen molar-refractivity contribution in [2.45, 2.75) is 37.4 Å². The lowest BCUT2D eigenvalue weighted by Crippen LogP contribution is -2.45. The van der Waals surface area contributed by atoms with Crippen LogP contribution in [-0.4, -0.2) is 59.3 Å². The Hall–Kier alpha value is -1.52. The third-order valence-corrected chi connectivity index (χ3v) is 4.24. The van der Waals surface area contributed by atoms with E-state index in [1.807, 2.05) is 0 Å². The van der Waals surface area contributed by atoms with Crippen LogP contribution in [0.2, 0.25) is 5.28 Å². The zero-order valence-electron chi connectivity index (χ0n) is 11.7. The van der Waals surface area contributed by atoms with Gasteiger partial charge in [0.05, 0.1) is 12.9 Å². The summed E-state index contributed by atoms with van der Waals surface area (Å²) >= 11 is 5.80. The first-order valence-electron chi connectivity index (χ1n) is 6.74. The summed E-state index contributed by atoms with van der Waals surface area (Å²) in [6.45, 7) is 1.32. The normalized spacial score (nSPS) is 32.0. The van der Waals surface area contributed by atoms with E-state index in [1.54, 1.807) is 6.92 Å². The Morgan fingerprint density at radius 3 is 2.77 bits per heavy atom. The van der Waals surface area contributed by atoms with Crippen LogP contribution in [0.1, 0.15) is 19.6 Å². The van der Waals surface area contributed by atoms with Gasteiger partial charge < -0.3 is 25.8 Å². The highest BCUT2D eigenvalue weighted by molar-refractivity contribution is 6.28. The molecule has 3 heterocycles. The molecule has 0 bridgehead atoms. The lowest BCUT2D eigenvalue weighted by molar-refractivity contribution is -0.129. The first-order chi connectivity index (χ1) is 10.4. The maximum atomic E-state index is 10.3. The van der Waals surface area contributed by atoms with Crippen molar-refractivity contribution in [3.05, 3.63) is 11.6 Å². The predicted molar refractivity (Wildman–Crippen MR) is 77.0 cm³/mol. The molecule has 3 rings (SSSR count). The van der Waals surface area contributed by atoms with E-state index in [1.165, 1.54) is 10.9 Å². The number of anilines is 1. The zero-order valence-corrected chi connectivity index (χ0v) is 12.5. The number of halogens is 1. The molecule has 0 aromatic carbocycles. The third kappa shape index (κ3) is 2.05. The van der Waals surface area contributed by atoms with E-state index in [-0.39, 0.29) is 16.7 Å². The summed E-state index contributed by atoms with van der Waals surface area (Å²) < 4.78 is 7.15. The molecular formula is C12H16ClN5O4. The summed E-state index contributed by atoms with van der Waals surface area (Å²) in [7, 11) is 0. The van der Waals surface area contributed by atoms with E-state index in [2.05, 4.69) is 15.0 Å². The van der Waals surface area contributed by atoms with Crippen molar-refractivity contribution in [3.63, 3.8) is 0 Å². The standard InChI is InChI=1S/C12H16ClN5O4/c1-2-12(3-19)7(21)6(20)10(22-12)18-4-15-5-8(14)16-11(13)17-9(5)18/h4,6-7,10,19-21H,2-3H2,1H3,(H2,14,16,17)/t6-,7+,10-,12-/m1/s1. The Kier molecular flexibility index (Phi) is 3.69. The van der Waals surface area contributed by atoms with Gasteiger partial charge in [0.15, 0.2) is 17.7 Å². The summed E-state index contributed by atoms with van der Waals surface area (Å²) in [6.07, 6.45) is -1.80. The molecule has 0 aliphatic carbocycles. The summed E-state index contributed by atoms with van der Waals surface area (Å²) in [5, 5.41) is 30.0. The second-order valence-corrected chi connectivity index (χ2v) is 5.56. The van der Waals surface area contributed by atoms with Crippen molar-refractivity contribution < 1.29 is 20.1 Å². The number of aliphatic hydroxyl groups excluding tert-OH is 3. The Morgan fingerprint density at radius 2 is 2.18 bits per heavy atom. The Balaban J connectivity index is 2.09. The number of nitrogens with zero attached hydrogens (tertiary/aromatic N) is 4. The number of aliphatic hydroxyl groups is 3. The minimum atomic E-state index is -1.26. The lowest BCUT2D eigenvalue weighted by atomic mass is 9.93. The first kappa shape index (κ1) is 15.4. The van der Waals surface area contributed by atoms with Crippen molar-refractivity contribution in [2.75, 3.05) is 12.3 Å². The van der Waals surface area contributed by atoms with Gasteiger partial charge in [-0.15, -0.1) is 0 Å². The number of hydrogen-bond acceptors (Lipinski definition) is 8. The number of nitrogen functional groups attached to an aromatic ring is 1. The quantitative estimate of drug-likeness (QED) is 0.550. The number of hydrogen-bond donors (Lipinski definition) is 4. The van der Waals surface area contributed by atoms with Gasteiger partial charge in [-0.2, -0.15) is 9.97 Å². The fourth-order valence-corrected chi connectivity index (χ4v) is 2.87. The highest BCUT2D eigenvalue weighted by atomic mass is 35.5. The predicted octanol–water partition coefficient (Wildman–Crippen LogP) is -0.546. The van der Waals surface area contributed by atoms with Gasteiger partial charge in [0.25, 0.3) is 0 Å². The van der Waals surface area contributed by atoms with Crippen LogP contribution in [0.4, 0.5) is 5.82 Å². The minimum absolute atomic E-state index is 0.0660. The topological polar surface area (TPSA) is 140 Å². The van der Waals surface area contributed by atoms with E-state index >= 15 is 0 Å². The Bertz CT molecular complexity index is 704. The van der Waals surface area contributed by atoms with E-state index in [0.29, 0.717) is 11.9 Å². The first-order valence-corrected chi connectivity index (χ1v) is 7.11. The molecule has 0 radical (unpaired) electrons. The van der Waals surface area contributed by atoms with Gasteiger partial charge in [-0.3, -0.25) is 4.57 Å². The third-order valence-electron chi connectivity index (χ3n) is 4.07. The molecule has 1 aliphatic heterocycles. The Labute approximate surface area is 130 Å². The smallest absolute Gasteiger partial charge is 0.226 e. The molecule has 1 saturated heterocycles. The van der Waals surface area contributed by atoms with Crippen molar-refractivity contribution in [1.29, 1.82) is 0 Å². The van der Waals surface area contributed by atoms with Crippen LogP contribution in [0.15, 0.2) is 6.33 Å². The van der Waals surface area contributed by atoms with Crippen molar-refractivity contribution in [1.82, 2.24) is 19.5 Å². The van der Waals surface area contributed by atoms with Crippen LogP contribution in [-0.2, 0) is 4.74 Å². The van der Waals surface area contributed by atoms with E-state index < -0.39 is 30.6 Å². The highest BCUT2D eigenvalue weighted by Gasteiger charge is 2.53. The van der Waals surface area contributed by atoms with Gasteiger partial charge >= 0.3 is 0 Å². The molecule has 0 saturated carbocycles. The molecule has 22 heavy (non-hydrogen) atoms. The molecular weight excluding hydrogens is 314 g/mol. The monoisotopic (exact) mass is 329 g/mol. The molecule has 1 aliphatic rings. The van der Waals surface area contributed by atoms with Crippen molar-refractivity contribution >= 4 is 28.6 Å². The van der Waals surface area contributed by atoms with Crippen molar-refractivity contribution in [2.24, 2.45) is 0 Å². The summed E-state index contributed by atoms with van der Waals surface area (Å²) in [5.74, 6) is 0.102. The van der Waals surface area contributed by atoms with Crippen LogP contribution < -0.4 is 5.73 Å². The lowest BCUT2D eigenvalue weighted by Gasteiger charge is -2.28. The second kappa shape index (κ2) is 5.28. The summed E-state index contributed by atoms with van der Waals surface area (Å²) in [6, 6.07) is 0. The maximum absolute atomic E-state index is 10.3. The van der Waals surface area contributed by atoms with Crippen LogP contribution in [0.25, 0.3) is 11.2 Å². The van der Waals surface area contributed by atoms with Crippen LogP contribution in [0.3, 0.4) is 0 Å². The Morgan fingerprint density at radius 1 is 1.45 bits per heavy atom. The maximum Gasteiger partial charge on any atom is 0.226 e. The fraction of sp³-hybridized carbons (Fsp3) is 0.583. The van der Waals surface area contributed by atoms with Gasteiger partial charge in [-0.1, -0.05) is 6.92 Å².